The lowest BCUT2D eigenvalue weighted by molar-refractivity contribution is -0.192. The monoisotopic (exact) mass is 441 g/mol. The molecule has 0 saturated heterocycles. The molecule has 0 saturated carbocycles. The van der Waals surface area contributed by atoms with Gasteiger partial charge in [-0.3, -0.25) is 10.00 Å². The molecule has 0 atom stereocenters. The van der Waals surface area contributed by atoms with Gasteiger partial charge in [0, 0.05) is 42.1 Å². The van der Waals surface area contributed by atoms with E-state index in [-0.39, 0.29) is 0 Å². The van der Waals surface area contributed by atoms with Gasteiger partial charge in [0.2, 0.25) is 0 Å². The molecule has 10 heteroatoms. The summed E-state index contributed by atoms with van der Waals surface area (Å²) in [7, 11) is 0. The first-order chi connectivity index (χ1) is 14.1. The van der Waals surface area contributed by atoms with Gasteiger partial charge in [-0.1, -0.05) is 6.07 Å². The van der Waals surface area contributed by atoms with Gasteiger partial charge in [0.05, 0.1) is 12.2 Å². The molecule has 1 aliphatic heterocycles. The highest BCUT2D eigenvalue weighted by molar-refractivity contribution is 7.09. The lowest BCUT2D eigenvalue weighted by Crippen LogP contribution is -2.30. The van der Waals surface area contributed by atoms with Gasteiger partial charge >= 0.3 is 12.1 Å². The van der Waals surface area contributed by atoms with Gasteiger partial charge in [0.1, 0.15) is 11.5 Å². The highest BCUT2D eigenvalue weighted by atomic mass is 32.1. The number of rotatable bonds is 4. The molecule has 30 heavy (non-hydrogen) atoms. The molecular formula is C20H22F3N3O3S. The molecule has 6 nitrogen and oxygen atoms in total. The number of nitrogens with zero attached hydrogens (tertiary/aromatic N) is 2. The summed E-state index contributed by atoms with van der Waals surface area (Å²) in [5.74, 6) is -0.668. The molecule has 3 aromatic heterocycles. The Hall–Kier alpha value is -2.59. The summed E-state index contributed by atoms with van der Waals surface area (Å²) >= 11 is 1.80. The summed E-state index contributed by atoms with van der Waals surface area (Å²) in [6, 6.07) is 6.44. The van der Waals surface area contributed by atoms with Crippen LogP contribution in [-0.2, 0) is 30.7 Å². The number of carboxylic acids is 1. The number of aromatic nitrogens is 2. The first-order valence-electron chi connectivity index (χ1n) is 9.29. The van der Waals surface area contributed by atoms with Crippen LogP contribution in [0.4, 0.5) is 13.2 Å². The Morgan fingerprint density at radius 1 is 1.40 bits per heavy atom. The zero-order valence-electron chi connectivity index (χ0n) is 16.5. The number of carbonyl (C=O) groups is 1. The molecule has 0 aromatic carbocycles. The molecular weight excluding hydrogens is 419 g/mol. The van der Waals surface area contributed by atoms with Crippen LogP contribution in [0, 0.1) is 13.8 Å². The summed E-state index contributed by atoms with van der Waals surface area (Å²) in [5.41, 5.74) is 5.11. The number of fused-ring (bicyclic) bond motifs is 1. The Morgan fingerprint density at radius 2 is 2.13 bits per heavy atom. The molecule has 4 rings (SSSR count). The summed E-state index contributed by atoms with van der Waals surface area (Å²) in [4.78, 5) is 12.7. The zero-order valence-corrected chi connectivity index (χ0v) is 17.4. The third kappa shape index (κ3) is 5.51. The van der Waals surface area contributed by atoms with Crippen molar-refractivity contribution in [2.24, 2.45) is 0 Å². The second-order valence-corrected chi connectivity index (χ2v) is 8.13. The van der Waals surface area contributed by atoms with Crippen molar-refractivity contribution >= 4 is 17.3 Å². The number of hydrogen-bond acceptors (Lipinski definition) is 5. The largest absolute Gasteiger partial charge is 0.490 e. The number of aliphatic carboxylic acids is 1. The number of hydrogen-bond donors (Lipinski definition) is 2. The first kappa shape index (κ1) is 22.1. The number of aromatic amines is 1. The van der Waals surface area contributed by atoms with Crippen LogP contribution in [0.25, 0.3) is 0 Å². The van der Waals surface area contributed by atoms with Crippen molar-refractivity contribution in [3.8, 4) is 0 Å². The maximum atomic E-state index is 10.6. The number of H-pyrrole nitrogens is 1. The molecule has 0 amide bonds. The minimum absolute atomic E-state index is 0.873. The van der Waals surface area contributed by atoms with E-state index in [2.05, 4.69) is 45.6 Å². The Bertz CT molecular complexity index is 974. The third-order valence-electron chi connectivity index (χ3n) is 4.86. The minimum atomic E-state index is -5.08. The topological polar surface area (TPSA) is 82.4 Å². The molecule has 0 radical (unpaired) electrons. The van der Waals surface area contributed by atoms with Gasteiger partial charge in [0.15, 0.2) is 0 Å². The highest BCUT2D eigenvalue weighted by Gasteiger charge is 2.38. The van der Waals surface area contributed by atoms with Crippen molar-refractivity contribution in [2.45, 2.75) is 46.0 Å². The number of halogens is 3. The Balaban J connectivity index is 0.000000318. The van der Waals surface area contributed by atoms with Gasteiger partial charge in [0.25, 0.3) is 0 Å². The molecule has 1 aliphatic rings. The van der Waals surface area contributed by atoms with Crippen LogP contribution in [0.3, 0.4) is 0 Å². The summed E-state index contributed by atoms with van der Waals surface area (Å²) < 4.78 is 37.6. The van der Waals surface area contributed by atoms with Crippen LogP contribution in [0.5, 0.6) is 0 Å². The van der Waals surface area contributed by atoms with E-state index in [1.807, 2.05) is 6.92 Å². The first-order valence-corrected chi connectivity index (χ1v) is 10.2. The Morgan fingerprint density at radius 3 is 2.70 bits per heavy atom. The fourth-order valence-corrected chi connectivity index (χ4v) is 3.93. The number of thiophene rings is 1. The van der Waals surface area contributed by atoms with E-state index in [9.17, 15) is 13.2 Å². The molecule has 162 valence electrons. The Labute approximate surface area is 175 Å². The van der Waals surface area contributed by atoms with E-state index in [4.69, 9.17) is 14.3 Å². The summed E-state index contributed by atoms with van der Waals surface area (Å²) in [6.45, 7) is 7.00. The Kier molecular flexibility index (Phi) is 6.67. The van der Waals surface area contributed by atoms with E-state index >= 15 is 0 Å². The van der Waals surface area contributed by atoms with Crippen molar-refractivity contribution in [1.29, 1.82) is 0 Å². The number of aryl methyl sites for hydroxylation is 2. The molecule has 0 spiro atoms. The van der Waals surface area contributed by atoms with Gasteiger partial charge in [-0.25, -0.2) is 4.79 Å². The summed E-state index contributed by atoms with van der Waals surface area (Å²) in [5, 5.41) is 17.1. The number of nitrogens with one attached hydrogen (secondary N) is 1. The average molecular weight is 441 g/mol. The van der Waals surface area contributed by atoms with E-state index in [1.54, 1.807) is 11.3 Å². The number of carboxylic acid groups (broad SMARTS) is 1. The predicted octanol–water partition coefficient (Wildman–Crippen LogP) is 4.46. The van der Waals surface area contributed by atoms with Crippen LogP contribution in [0.1, 0.15) is 38.9 Å². The SMILES string of the molecule is Cc1cc(CN2CCc3[nH]nc(Cc4cccs4)c3C2)oc1C.O=C(O)C(F)(F)F. The molecule has 0 fully saturated rings. The van der Waals surface area contributed by atoms with E-state index in [0.717, 1.165) is 44.0 Å². The van der Waals surface area contributed by atoms with Crippen molar-refractivity contribution in [3.05, 3.63) is 62.5 Å². The van der Waals surface area contributed by atoms with E-state index in [0.29, 0.717) is 0 Å². The molecule has 0 unspecified atom stereocenters. The van der Waals surface area contributed by atoms with Crippen molar-refractivity contribution in [1.82, 2.24) is 15.1 Å². The quantitative estimate of drug-likeness (QED) is 0.625. The second-order valence-electron chi connectivity index (χ2n) is 7.10. The highest BCUT2D eigenvalue weighted by Crippen LogP contribution is 2.25. The van der Waals surface area contributed by atoms with Crippen LogP contribution in [0.15, 0.2) is 28.0 Å². The van der Waals surface area contributed by atoms with Gasteiger partial charge < -0.3 is 9.52 Å². The predicted molar refractivity (Wildman–Crippen MR) is 105 cm³/mol. The third-order valence-corrected chi connectivity index (χ3v) is 5.74. The van der Waals surface area contributed by atoms with Crippen LogP contribution < -0.4 is 0 Å². The fraction of sp³-hybridized carbons (Fsp3) is 0.400. The van der Waals surface area contributed by atoms with Crippen LogP contribution in [-0.4, -0.2) is 38.9 Å². The van der Waals surface area contributed by atoms with Crippen molar-refractivity contribution in [2.75, 3.05) is 6.54 Å². The maximum absolute atomic E-state index is 10.6. The molecule has 3 aromatic rings. The van der Waals surface area contributed by atoms with Crippen LogP contribution in [0.2, 0.25) is 0 Å². The number of furan rings is 1. The zero-order chi connectivity index (χ0) is 21.9. The molecule has 4 heterocycles. The number of alkyl halides is 3. The standard InChI is InChI=1S/C18H21N3OS.C2HF3O2/c1-12-8-14(22-13(12)2)10-21-6-5-17-16(11-21)18(20-19-17)9-15-4-3-7-23-15;3-2(4,5)1(6)7/h3-4,7-8H,5-6,9-11H2,1-2H3,(H,19,20);(H,6,7). The van der Waals surface area contributed by atoms with E-state index in [1.165, 1.54) is 27.4 Å². The fourth-order valence-electron chi connectivity index (χ4n) is 3.22. The van der Waals surface area contributed by atoms with Gasteiger partial charge in [-0.15, -0.1) is 11.3 Å². The molecule has 0 bridgehead atoms. The lowest BCUT2D eigenvalue weighted by Gasteiger charge is -2.26. The average Bonchev–Trinajstić information content (AvgIpc) is 3.38. The van der Waals surface area contributed by atoms with Crippen LogP contribution >= 0.6 is 11.3 Å². The van der Waals surface area contributed by atoms with Crippen molar-refractivity contribution < 1.29 is 27.5 Å². The smallest absolute Gasteiger partial charge is 0.475 e. The molecule has 2 N–H and O–H groups in total. The maximum Gasteiger partial charge on any atom is 0.490 e. The normalized spacial score (nSPS) is 14.2. The lowest BCUT2D eigenvalue weighted by atomic mass is 10.0. The van der Waals surface area contributed by atoms with Gasteiger partial charge in [-0.2, -0.15) is 18.3 Å². The van der Waals surface area contributed by atoms with Crippen molar-refractivity contribution in [3.63, 3.8) is 0 Å². The van der Waals surface area contributed by atoms with Gasteiger partial charge in [-0.05, 0) is 36.9 Å². The van der Waals surface area contributed by atoms with E-state index < -0.39 is 12.1 Å². The molecule has 0 aliphatic carbocycles. The summed E-state index contributed by atoms with van der Waals surface area (Å²) in [6.07, 6.45) is -3.12. The second kappa shape index (κ2) is 9.05. The minimum Gasteiger partial charge on any atom is -0.475 e.